The molecule has 1 aliphatic heterocycles. The van der Waals surface area contributed by atoms with Gasteiger partial charge in [0.2, 0.25) is 0 Å². The molecule has 4 unspecified atom stereocenters. The molecule has 0 radical (unpaired) electrons. The Morgan fingerprint density at radius 2 is 1.82 bits per heavy atom. The van der Waals surface area contributed by atoms with Gasteiger partial charge in [0.25, 0.3) is 0 Å². The maximum atomic E-state index is 13.1. The first-order valence-corrected chi connectivity index (χ1v) is 9.03. The third-order valence-corrected chi connectivity index (χ3v) is 5.44. The van der Waals surface area contributed by atoms with Gasteiger partial charge in [-0.3, -0.25) is 4.90 Å². The molecule has 1 aromatic carbocycles. The lowest BCUT2D eigenvalue weighted by atomic mass is 9.83. The molecule has 1 saturated heterocycles. The number of rotatable bonds is 4. The zero-order valence-corrected chi connectivity index (χ0v) is 15.6. The summed E-state index contributed by atoms with van der Waals surface area (Å²) < 4.78 is 53.7. The summed E-state index contributed by atoms with van der Waals surface area (Å²) in [6.45, 7) is 2.86. The van der Waals surface area contributed by atoms with E-state index >= 15 is 0 Å². The summed E-state index contributed by atoms with van der Waals surface area (Å²) in [5.74, 6) is -0.421. The van der Waals surface area contributed by atoms with E-state index in [2.05, 4.69) is 5.10 Å². The minimum absolute atomic E-state index is 0.000911. The molecule has 0 bridgehead atoms. The lowest BCUT2D eigenvalue weighted by Crippen LogP contribution is -2.61. The summed E-state index contributed by atoms with van der Waals surface area (Å²) in [5, 5.41) is 24.3. The van der Waals surface area contributed by atoms with E-state index in [4.69, 9.17) is 0 Å². The fourth-order valence-corrected chi connectivity index (χ4v) is 3.61. The molecular formula is C19H23F4N3O2. The highest BCUT2D eigenvalue weighted by Crippen LogP contribution is 2.38. The number of halogens is 4. The summed E-state index contributed by atoms with van der Waals surface area (Å²) in [4.78, 5) is 1.26. The third kappa shape index (κ3) is 3.92. The number of hydrogen-bond acceptors (Lipinski definition) is 4. The number of aliphatic hydroxyl groups is 2. The molecule has 154 valence electrons. The van der Waals surface area contributed by atoms with E-state index in [0.29, 0.717) is 19.0 Å². The van der Waals surface area contributed by atoms with Gasteiger partial charge in [-0.1, -0.05) is 6.92 Å². The molecule has 2 N–H and O–H groups in total. The second-order valence-electron chi connectivity index (χ2n) is 7.55. The SMILES string of the molecule is CC1CN(C(O)C(C)(O)C(F)(F)F)CCC1c1ccn(-c2ccc(F)cc2)n1. The molecule has 1 fully saturated rings. The molecule has 3 rings (SSSR count). The fourth-order valence-electron chi connectivity index (χ4n) is 3.61. The second kappa shape index (κ2) is 7.46. The van der Waals surface area contributed by atoms with Crippen molar-refractivity contribution in [1.29, 1.82) is 0 Å². The van der Waals surface area contributed by atoms with E-state index in [1.807, 2.05) is 13.0 Å². The van der Waals surface area contributed by atoms with Crippen LogP contribution in [-0.4, -0.2) is 56.0 Å². The average Bonchev–Trinajstić information content (AvgIpc) is 3.10. The van der Waals surface area contributed by atoms with E-state index < -0.39 is 18.0 Å². The Morgan fingerprint density at radius 3 is 2.39 bits per heavy atom. The second-order valence-corrected chi connectivity index (χ2v) is 7.55. The van der Waals surface area contributed by atoms with Gasteiger partial charge in [0, 0.05) is 25.2 Å². The monoisotopic (exact) mass is 401 g/mol. The van der Waals surface area contributed by atoms with Crippen molar-refractivity contribution in [3.05, 3.63) is 48.0 Å². The van der Waals surface area contributed by atoms with Gasteiger partial charge >= 0.3 is 6.18 Å². The Hall–Kier alpha value is -1.97. The number of likely N-dealkylation sites (tertiary alicyclic amines) is 1. The number of nitrogens with zero attached hydrogens (tertiary/aromatic N) is 3. The van der Waals surface area contributed by atoms with Gasteiger partial charge in [-0.15, -0.1) is 0 Å². The number of aromatic nitrogens is 2. The summed E-state index contributed by atoms with van der Waals surface area (Å²) in [6, 6.07) is 7.72. The molecule has 1 aromatic heterocycles. The molecule has 2 aromatic rings. The van der Waals surface area contributed by atoms with Crippen molar-refractivity contribution in [3.63, 3.8) is 0 Å². The van der Waals surface area contributed by atoms with Crippen LogP contribution in [-0.2, 0) is 0 Å². The highest BCUT2D eigenvalue weighted by Gasteiger charge is 2.57. The van der Waals surface area contributed by atoms with Gasteiger partial charge in [-0.25, -0.2) is 9.07 Å². The van der Waals surface area contributed by atoms with Crippen LogP contribution in [0.25, 0.3) is 5.69 Å². The maximum Gasteiger partial charge on any atom is 0.420 e. The Kier molecular flexibility index (Phi) is 5.53. The van der Waals surface area contributed by atoms with E-state index in [9.17, 15) is 27.8 Å². The number of alkyl halides is 3. The highest BCUT2D eigenvalue weighted by atomic mass is 19.4. The molecule has 1 aliphatic rings. The van der Waals surface area contributed by atoms with Crippen molar-refractivity contribution < 1.29 is 27.8 Å². The van der Waals surface area contributed by atoms with Crippen LogP contribution in [0.5, 0.6) is 0 Å². The first-order valence-electron chi connectivity index (χ1n) is 9.03. The Labute approximate surface area is 160 Å². The molecule has 0 aliphatic carbocycles. The van der Waals surface area contributed by atoms with Crippen LogP contribution < -0.4 is 0 Å². The van der Waals surface area contributed by atoms with Crippen molar-refractivity contribution in [3.8, 4) is 5.69 Å². The van der Waals surface area contributed by atoms with Crippen LogP contribution in [0, 0.1) is 11.7 Å². The first-order chi connectivity index (χ1) is 13.0. The molecule has 0 saturated carbocycles. The molecule has 2 heterocycles. The van der Waals surface area contributed by atoms with Gasteiger partial charge in [0.05, 0.1) is 11.4 Å². The average molecular weight is 401 g/mol. The molecule has 4 atom stereocenters. The molecule has 5 nitrogen and oxygen atoms in total. The Morgan fingerprint density at radius 1 is 1.18 bits per heavy atom. The van der Waals surface area contributed by atoms with E-state index in [1.165, 1.54) is 17.0 Å². The van der Waals surface area contributed by atoms with Crippen LogP contribution in [0.1, 0.15) is 31.9 Å². The lowest BCUT2D eigenvalue weighted by molar-refractivity contribution is -0.306. The standard InChI is InChI=1S/C19H23F4N3O2/c1-12-11-25(17(27)18(2,28)19(21,22)23)9-7-15(12)16-8-10-26(24-16)14-5-3-13(20)4-6-14/h3-6,8,10,12,15,17,27-28H,7,9,11H2,1-2H3. The van der Waals surface area contributed by atoms with Crippen molar-refractivity contribution in [1.82, 2.24) is 14.7 Å². The number of hydrogen-bond donors (Lipinski definition) is 2. The zero-order valence-electron chi connectivity index (χ0n) is 15.6. The van der Waals surface area contributed by atoms with Crippen molar-refractivity contribution >= 4 is 0 Å². The van der Waals surface area contributed by atoms with Crippen LogP contribution in [0.15, 0.2) is 36.5 Å². The minimum atomic E-state index is -4.93. The topological polar surface area (TPSA) is 61.5 Å². The molecule has 28 heavy (non-hydrogen) atoms. The van der Waals surface area contributed by atoms with Crippen LogP contribution in [0.2, 0.25) is 0 Å². The molecule has 0 amide bonds. The Balaban J connectivity index is 1.70. The van der Waals surface area contributed by atoms with E-state index in [-0.39, 0.29) is 30.7 Å². The predicted octanol–water partition coefficient (Wildman–Crippen LogP) is 3.07. The number of aliphatic hydroxyl groups excluding tert-OH is 1. The number of piperidine rings is 1. The number of benzene rings is 1. The molecular weight excluding hydrogens is 378 g/mol. The van der Waals surface area contributed by atoms with Crippen molar-refractivity contribution in [2.75, 3.05) is 13.1 Å². The summed E-state index contributed by atoms with van der Waals surface area (Å²) in [7, 11) is 0. The lowest BCUT2D eigenvalue weighted by Gasteiger charge is -2.43. The summed E-state index contributed by atoms with van der Waals surface area (Å²) in [5.41, 5.74) is -1.72. The van der Waals surface area contributed by atoms with Crippen molar-refractivity contribution in [2.24, 2.45) is 5.92 Å². The summed E-state index contributed by atoms with van der Waals surface area (Å²) >= 11 is 0. The molecule has 0 spiro atoms. The largest absolute Gasteiger partial charge is 0.420 e. The smallest absolute Gasteiger partial charge is 0.378 e. The molecule has 9 heteroatoms. The predicted molar refractivity (Wildman–Crippen MR) is 94.3 cm³/mol. The minimum Gasteiger partial charge on any atom is -0.378 e. The quantitative estimate of drug-likeness (QED) is 0.773. The van der Waals surface area contributed by atoms with Gasteiger partial charge in [0.15, 0.2) is 5.60 Å². The normalized spacial score (nSPS) is 24.7. The van der Waals surface area contributed by atoms with Crippen LogP contribution in [0.3, 0.4) is 0 Å². The van der Waals surface area contributed by atoms with Gasteiger partial charge in [-0.2, -0.15) is 18.3 Å². The van der Waals surface area contributed by atoms with Crippen LogP contribution >= 0.6 is 0 Å². The van der Waals surface area contributed by atoms with Gasteiger partial charge < -0.3 is 10.2 Å². The van der Waals surface area contributed by atoms with E-state index in [0.717, 1.165) is 5.69 Å². The fraction of sp³-hybridized carbons (Fsp3) is 0.526. The van der Waals surface area contributed by atoms with Crippen molar-refractivity contribution in [2.45, 2.75) is 44.2 Å². The summed E-state index contributed by atoms with van der Waals surface area (Å²) in [6.07, 6.45) is -4.72. The van der Waals surface area contributed by atoms with Gasteiger partial charge in [0.1, 0.15) is 12.0 Å². The maximum absolute atomic E-state index is 13.1. The first kappa shape index (κ1) is 20.8. The van der Waals surface area contributed by atoms with Gasteiger partial charge in [-0.05, 0) is 49.6 Å². The van der Waals surface area contributed by atoms with Crippen LogP contribution in [0.4, 0.5) is 17.6 Å². The zero-order chi connectivity index (χ0) is 20.7. The highest BCUT2D eigenvalue weighted by molar-refractivity contribution is 5.31. The third-order valence-electron chi connectivity index (χ3n) is 5.44. The van der Waals surface area contributed by atoms with E-state index in [1.54, 1.807) is 23.0 Å². The Bertz CT molecular complexity index is 804.